The molecule has 1 heterocycles. The summed E-state index contributed by atoms with van der Waals surface area (Å²) >= 11 is 0. The number of hydrogen-bond donors (Lipinski definition) is 0. The molecule has 0 N–H and O–H groups in total. The molecule has 98 valence electrons. The van der Waals surface area contributed by atoms with Gasteiger partial charge in [-0.25, -0.2) is 0 Å². The lowest BCUT2D eigenvalue weighted by molar-refractivity contribution is -0.135. The lowest BCUT2D eigenvalue weighted by Gasteiger charge is -2.45. The zero-order valence-corrected chi connectivity index (χ0v) is 11.5. The van der Waals surface area contributed by atoms with E-state index in [4.69, 9.17) is 0 Å². The number of piperazine rings is 1. The van der Waals surface area contributed by atoms with Crippen molar-refractivity contribution in [3.63, 3.8) is 0 Å². The highest BCUT2D eigenvalue weighted by atomic mass is 16.2. The van der Waals surface area contributed by atoms with Gasteiger partial charge < -0.3 is 9.80 Å². The highest BCUT2D eigenvalue weighted by Gasteiger charge is 2.31. The molecule has 1 saturated heterocycles. The highest BCUT2D eigenvalue weighted by molar-refractivity contribution is 5.77. The van der Waals surface area contributed by atoms with Crippen LogP contribution in [0, 0.1) is 0 Å². The van der Waals surface area contributed by atoms with Crippen molar-refractivity contribution in [2.24, 2.45) is 0 Å². The number of hydrogen-bond acceptors (Lipinski definition) is 2. The Morgan fingerprint density at radius 3 is 2.22 bits per heavy atom. The molecular weight excluding hydrogens is 224 g/mol. The van der Waals surface area contributed by atoms with Gasteiger partial charge in [-0.1, -0.05) is 25.1 Å². The van der Waals surface area contributed by atoms with E-state index in [9.17, 15) is 4.79 Å². The first-order valence-electron chi connectivity index (χ1n) is 6.74. The predicted molar refractivity (Wildman–Crippen MR) is 74.7 cm³/mol. The second-order valence-corrected chi connectivity index (χ2v) is 5.09. The topological polar surface area (TPSA) is 23.6 Å². The van der Waals surface area contributed by atoms with Crippen LogP contribution in [0.2, 0.25) is 0 Å². The Morgan fingerprint density at radius 1 is 1.17 bits per heavy atom. The van der Waals surface area contributed by atoms with Gasteiger partial charge in [0.15, 0.2) is 0 Å². The van der Waals surface area contributed by atoms with Gasteiger partial charge in [0.1, 0.15) is 0 Å². The lowest BCUT2D eigenvalue weighted by Crippen LogP contribution is -2.58. The summed E-state index contributed by atoms with van der Waals surface area (Å²) in [6.45, 7) is 8.05. The molecule has 0 aromatic heterocycles. The molecule has 0 spiro atoms. The van der Waals surface area contributed by atoms with Crippen LogP contribution in [0.3, 0.4) is 0 Å². The van der Waals surface area contributed by atoms with E-state index in [2.05, 4.69) is 43.0 Å². The largest absolute Gasteiger partial charge is 0.367 e. The number of para-hydroxylation sites is 1. The minimum absolute atomic E-state index is 0.266. The van der Waals surface area contributed by atoms with E-state index < -0.39 is 0 Å². The molecule has 1 aromatic rings. The van der Waals surface area contributed by atoms with Gasteiger partial charge >= 0.3 is 0 Å². The summed E-state index contributed by atoms with van der Waals surface area (Å²) in [6, 6.07) is 11.0. The molecule has 2 unspecified atom stereocenters. The smallest absolute Gasteiger partial charge is 0.222 e. The Balaban J connectivity index is 2.12. The summed E-state index contributed by atoms with van der Waals surface area (Å²) in [5.41, 5.74) is 1.25. The Bertz CT molecular complexity index is 392. The summed E-state index contributed by atoms with van der Waals surface area (Å²) in [4.78, 5) is 16.3. The molecule has 1 fully saturated rings. The summed E-state index contributed by atoms with van der Waals surface area (Å²) in [7, 11) is 0. The van der Waals surface area contributed by atoms with Crippen LogP contribution in [0.25, 0.3) is 0 Å². The van der Waals surface area contributed by atoms with E-state index >= 15 is 0 Å². The first kappa shape index (κ1) is 12.9. The minimum Gasteiger partial charge on any atom is -0.367 e. The van der Waals surface area contributed by atoms with Crippen molar-refractivity contribution in [1.29, 1.82) is 0 Å². The number of amides is 1. The third-order valence-corrected chi connectivity index (χ3v) is 3.63. The van der Waals surface area contributed by atoms with Crippen molar-refractivity contribution < 1.29 is 4.79 Å². The Kier molecular flexibility index (Phi) is 3.90. The first-order valence-corrected chi connectivity index (χ1v) is 6.74. The van der Waals surface area contributed by atoms with Crippen LogP contribution >= 0.6 is 0 Å². The van der Waals surface area contributed by atoms with E-state index in [-0.39, 0.29) is 18.0 Å². The van der Waals surface area contributed by atoms with Gasteiger partial charge in [0, 0.05) is 37.3 Å². The zero-order chi connectivity index (χ0) is 13.1. The average molecular weight is 246 g/mol. The van der Waals surface area contributed by atoms with Crippen LogP contribution in [0.1, 0.15) is 27.2 Å². The van der Waals surface area contributed by atoms with Gasteiger partial charge in [-0.2, -0.15) is 0 Å². The number of nitrogens with zero attached hydrogens (tertiary/aromatic N) is 2. The molecule has 0 aliphatic carbocycles. The van der Waals surface area contributed by atoms with Gasteiger partial charge in [-0.05, 0) is 26.0 Å². The quantitative estimate of drug-likeness (QED) is 0.800. The monoisotopic (exact) mass is 246 g/mol. The third-order valence-electron chi connectivity index (χ3n) is 3.63. The highest BCUT2D eigenvalue weighted by Crippen LogP contribution is 2.22. The minimum atomic E-state index is 0.266. The predicted octanol–water partition coefficient (Wildman–Crippen LogP) is 2.52. The lowest BCUT2D eigenvalue weighted by atomic mass is 10.1. The molecule has 3 nitrogen and oxygen atoms in total. The van der Waals surface area contributed by atoms with Crippen molar-refractivity contribution in [2.75, 3.05) is 18.0 Å². The molecule has 3 heteroatoms. The number of carbonyl (C=O) groups is 1. The maximum absolute atomic E-state index is 11.9. The summed E-state index contributed by atoms with van der Waals surface area (Å²) in [5.74, 6) is 0.266. The number of benzene rings is 1. The molecular formula is C15H22N2O. The maximum atomic E-state index is 11.9. The summed E-state index contributed by atoms with van der Waals surface area (Å²) in [5, 5.41) is 0. The summed E-state index contributed by atoms with van der Waals surface area (Å²) < 4.78 is 0. The fourth-order valence-corrected chi connectivity index (χ4v) is 2.85. The fraction of sp³-hybridized carbons (Fsp3) is 0.533. The SMILES string of the molecule is CCC(=O)N1C(C)CN(c2ccccc2)CC1C. The van der Waals surface area contributed by atoms with Gasteiger partial charge in [0.25, 0.3) is 0 Å². The molecule has 1 aromatic carbocycles. The van der Waals surface area contributed by atoms with Crippen LogP contribution in [-0.4, -0.2) is 36.0 Å². The maximum Gasteiger partial charge on any atom is 0.222 e. The molecule has 1 aliphatic rings. The van der Waals surface area contributed by atoms with Gasteiger partial charge in [0.05, 0.1) is 0 Å². The van der Waals surface area contributed by atoms with Gasteiger partial charge in [-0.15, -0.1) is 0 Å². The zero-order valence-electron chi connectivity index (χ0n) is 11.5. The summed E-state index contributed by atoms with van der Waals surface area (Å²) in [6.07, 6.45) is 0.597. The van der Waals surface area contributed by atoms with Crippen LogP contribution < -0.4 is 4.90 Å². The van der Waals surface area contributed by atoms with Crippen molar-refractivity contribution in [3.8, 4) is 0 Å². The second-order valence-electron chi connectivity index (χ2n) is 5.09. The van der Waals surface area contributed by atoms with Crippen molar-refractivity contribution in [3.05, 3.63) is 30.3 Å². The van der Waals surface area contributed by atoms with E-state index in [0.717, 1.165) is 13.1 Å². The number of carbonyl (C=O) groups excluding carboxylic acids is 1. The average Bonchev–Trinajstić information content (AvgIpc) is 2.38. The van der Waals surface area contributed by atoms with Crippen molar-refractivity contribution in [2.45, 2.75) is 39.3 Å². The molecule has 0 bridgehead atoms. The van der Waals surface area contributed by atoms with Gasteiger partial charge in [0.2, 0.25) is 5.91 Å². The first-order chi connectivity index (χ1) is 8.63. The molecule has 2 atom stereocenters. The number of rotatable bonds is 2. The van der Waals surface area contributed by atoms with E-state index in [0.29, 0.717) is 6.42 Å². The second kappa shape index (κ2) is 5.42. The molecule has 1 aliphatic heterocycles. The molecule has 2 rings (SSSR count). The Hall–Kier alpha value is -1.51. The Morgan fingerprint density at radius 2 is 1.72 bits per heavy atom. The molecule has 0 saturated carbocycles. The molecule has 1 amide bonds. The van der Waals surface area contributed by atoms with E-state index in [1.54, 1.807) is 0 Å². The Labute approximate surface area is 109 Å². The van der Waals surface area contributed by atoms with Gasteiger partial charge in [-0.3, -0.25) is 4.79 Å². The van der Waals surface area contributed by atoms with Crippen LogP contribution in [-0.2, 0) is 4.79 Å². The molecule has 0 radical (unpaired) electrons. The normalized spacial score (nSPS) is 24.2. The van der Waals surface area contributed by atoms with Crippen molar-refractivity contribution in [1.82, 2.24) is 4.90 Å². The van der Waals surface area contributed by atoms with Crippen LogP contribution in [0.5, 0.6) is 0 Å². The number of anilines is 1. The van der Waals surface area contributed by atoms with E-state index in [1.807, 2.05) is 17.9 Å². The van der Waals surface area contributed by atoms with Crippen molar-refractivity contribution >= 4 is 11.6 Å². The molecule has 18 heavy (non-hydrogen) atoms. The van der Waals surface area contributed by atoms with Crippen LogP contribution in [0.4, 0.5) is 5.69 Å². The fourth-order valence-electron chi connectivity index (χ4n) is 2.85. The van der Waals surface area contributed by atoms with E-state index in [1.165, 1.54) is 5.69 Å². The standard InChI is InChI=1S/C15H22N2O/c1-4-15(18)17-12(2)10-16(11-13(17)3)14-8-6-5-7-9-14/h5-9,12-13H,4,10-11H2,1-3H3. The van der Waals surface area contributed by atoms with Crippen LogP contribution in [0.15, 0.2) is 30.3 Å². The third kappa shape index (κ3) is 2.50.